The van der Waals surface area contributed by atoms with Gasteiger partial charge in [-0.25, -0.2) is 9.78 Å². The molecule has 1 saturated heterocycles. The number of carbonyl (C=O) groups is 1. The standard InChI is InChI=1S/C21H32N4OS/c1-15-10-16(2)12-25(11-15)21(3,4)14-22-20(26)24(5)13-19-23-17-8-6-7-9-18(17)27-19/h6-9,15-16H,10-14H2,1-5H3,(H,22,26). The summed E-state index contributed by atoms with van der Waals surface area (Å²) in [6, 6.07) is 8.05. The molecular formula is C21H32N4OS. The number of benzene rings is 1. The molecule has 1 aliphatic heterocycles. The van der Waals surface area contributed by atoms with Crippen molar-refractivity contribution in [2.45, 2.75) is 46.2 Å². The molecular weight excluding hydrogens is 356 g/mol. The SMILES string of the molecule is CC1CC(C)CN(C(C)(C)CNC(=O)N(C)Cc2nc3ccccc3s2)C1. The van der Waals surface area contributed by atoms with E-state index in [1.54, 1.807) is 16.2 Å². The average Bonchev–Trinajstić information content (AvgIpc) is 3.01. The van der Waals surface area contributed by atoms with Crippen molar-refractivity contribution in [2.24, 2.45) is 11.8 Å². The van der Waals surface area contributed by atoms with Crippen LogP contribution in [0.4, 0.5) is 4.79 Å². The highest BCUT2D eigenvalue weighted by atomic mass is 32.1. The van der Waals surface area contributed by atoms with E-state index in [4.69, 9.17) is 0 Å². The molecule has 2 amide bonds. The fourth-order valence-corrected chi connectivity index (χ4v) is 4.98. The van der Waals surface area contributed by atoms with Crippen LogP contribution in [0.3, 0.4) is 0 Å². The molecule has 2 aromatic rings. The Kier molecular flexibility index (Phi) is 6.06. The second-order valence-corrected chi connectivity index (χ2v) is 9.87. The van der Waals surface area contributed by atoms with Crippen LogP contribution in [0, 0.1) is 11.8 Å². The summed E-state index contributed by atoms with van der Waals surface area (Å²) < 4.78 is 1.16. The zero-order valence-corrected chi connectivity index (χ0v) is 18.0. The van der Waals surface area contributed by atoms with Gasteiger partial charge in [0.05, 0.1) is 16.8 Å². The van der Waals surface area contributed by atoms with Crippen LogP contribution in [0.15, 0.2) is 24.3 Å². The lowest BCUT2D eigenvalue weighted by Crippen LogP contribution is -2.57. The number of hydrogen-bond acceptors (Lipinski definition) is 4. The van der Waals surface area contributed by atoms with Gasteiger partial charge in [-0.2, -0.15) is 0 Å². The Morgan fingerprint density at radius 2 is 1.96 bits per heavy atom. The number of rotatable bonds is 5. The maximum absolute atomic E-state index is 12.6. The zero-order valence-electron chi connectivity index (χ0n) is 17.2. The predicted octanol–water partition coefficient (Wildman–Crippen LogP) is 4.19. The molecule has 0 saturated carbocycles. The van der Waals surface area contributed by atoms with Gasteiger partial charge in [-0.3, -0.25) is 4.90 Å². The Bertz CT molecular complexity index is 744. The van der Waals surface area contributed by atoms with Gasteiger partial charge in [0.1, 0.15) is 5.01 Å². The molecule has 1 fully saturated rings. The number of piperidine rings is 1. The number of fused-ring (bicyclic) bond motifs is 1. The second kappa shape index (κ2) is 8.15. The van der Waals surface area contributed by atoms with Gasteiger partial charge in [0.25, 0.3) is 0 Å². The van der Waals surface area contributed by atoms with Crippen LogP contribution in [0.2, 0.25) is 0 Å². The number of hydrogen-bond donors (Lipinski definition) is 1. The van der Waals surface area contributed by atoms with Crippen LogP contribution >= 0.6 is 11.3 Å². The maximum Gasteiger partial charge on any atom is 0.317 e. The molecule has 6 heteroatoms. The number of likely N-dealkylation sites (tertiary alicyclic amines) is 1. The quantitative estimate of drug-likeness (QED) is 0.835. The molecule has 0 bridgehead atoms. The molecule has 2 unspecified atom stereocenters. The number of nitrogens with zero attached hydrogens (tertiary/aromatic N) is 3. The van der Waals surface area contributed by atoms with Gasteiger partial charge in [-0.05, 0) is 44.2 Å². The van der Waals surface area contributed by atoms with Crippen LogP contribution in [0.25, 0.3) is 10.2 Å². The molecule has 148 valence electrons. The van der Waals surface area contributed by atoms with Crippen LogP contribution in [0.1, 0.15) is 39.1 Å². The Labute approximate surface area is 166 Å². The molecule has 3 rings (SSSR count). The van der Waals surface area contributed by atoms with Gasteiger partial charge in [-0.1, -0.05) is 26.0 Å². The Hall–Kier alpha value is -1.66. The highest BCUT2D eigenvalue weighted by Crippen LogP contribution is 2.27. The Balaban J connectivity index is 1.54. The van der Waals surface area contributed by atoms with E-state index in [-0.39, 0.29) is 11.6 Å². The fourth-order valence-electron chi connectivity index (χ4n) is 3.96. The molecule has 27 heavy (non-hydrogen) atoms. The first-order valence-electron chi connectivity index (χ1n) is 9.83. The predicted molar refractivity (Wildman–Crippen MR) is 113 cm³/mol. The van der Waals surface area contributed by atoms with Crippen LogP contribution in [0.5, 0.6) is 0 Å². The molecule has 0 spiro atoms. The van der Waals surface area contributed by atoms with Gasteiger partial charge in [-0.15, -0.1) is 11.3 Å². The molecule has 0 aliphatic carbocycles. The summed E-state index contributed by atoms with van der Waals surface area (Å²) in [5.74, 6) is 1.43. The normalized spacial score (nSPS) is 21.4. The first-order valence-corrected chi connectivity index (χ1v) is 10.6. The van der Waals surface area contributed by atoms with Crippen molar-refractivity contribution < 1.29 is 4.79 Å². The molecule has 1 N–H and O–H groups in total. The lowest BCUT2D eigenvalue weighted by atomic mass is 9.88. The number of nitrogens with one attached hydrogen (secondary N) is 1. The van der Waals surface area contributed by atoms with Crippen molar-refractivity contribution in [3.63, 3.8) is 0 Å². The summed E-state index contributed by atoms with van der Waals surface area (Å²) in [6.07, 6.45) is 1.30. The molecule has 1 aromatic heterocycles. The van der Waals surface area contributed by atoms with Crippen LogP contribution in [-0.4, -0.2) is 53.0 Å². The number of aromatic nitrogens is 1. The molecule has 5 nitrogen and oxygen atoms in total. The van der Waals surface area contributed by atoms with E-state index in [9.17, 15) is 4.79 Å². The van der Waals surface area contributed by atoms with E-state index in [0.717, 1.165) is 28.3 Å². The summed E-state index contributed by atoms with van der Waals surface area (Å²) in [4.78, 5) is 21.5. The number of amides is 2. The summed E-state index contributed by atoms with van der Waals surface area (Å²) in [6.45, 7) is 12.5. The number of thiazole rings is 1. The number of urea groups is 1. The molecule has 0 radical (unpaired) electrons. The van der Waals surface area contributed by atoms with E-state index in [1.165, 1.54) is 6.42 Å². The van der Waals surface area contributed by atoms with Gasteiger partial charge < -0.3 is 10.2 Å². The smallest absolute Gasteiger partial charge is 0.317 e. The van der Waals surface area contributed by atoms with Crippen molar-refractivity contribution in [3.8, 4) is 0 Å². The second-order valence-electron chi connectivity index (χ2n) is 8.75. The van der Waals surface area contributed by atoms with E-state index >= 15 is 0 Å². The monoisotopic (exact) mass is 388 g/mol. The Morgan fingerprint density at radius 1 is 1.30 bits per heavy atom. The van der Waals surface area contributed by atoms with Crippen molar-refractivity contribution in [1.29, 1.82) is 0 Å². The first-order chi connectivity index (χ1) is 12.7. The fraction of sp³-hybridized carbons (Fsp3) is 0.619. The molecule has 1 aliphatic rings. The Morgan fingerprint density at radius 3 is 2.63 bits per heavy atom. The topological polar surface area (TPSA) is 48.5 Å². The average molecular weight is 389 g/mol. The summed E-state index contributed by atoms with van der Waals surface area (Å²) in [7, 11) is 1.83. The molecule has 1 aromatic carbocycles. The van der Waals surface area contributed by atoms with Crippen molar-refractivity contribution >= 4 is 27.6 Å². The third-order valence-corrected chi connectivity index (χ3v) is 6.48. The largest absolute Gasteiger partial charge is 0.336 e. The minimum absolute atomic E-state index is 0.0413. The third kappa shape index (κ3) is 4.99. The lowest BCUT2D eigenvalue weighted by molar-refractivity contribution is 0.0465. The molecule has 2 heterocycles. The molecule has 2 atom stereocenters. The van der Waals surface area contributed by atoms with E-state index in [1.807, 2.05) is 25.2 Å². The summed E-state index contributed by atoms with van der Waals surface area (Å²) in [5.41, 5.74) is 0.954. The van der Waals surface area contributed by atoms with E-state index in [0.29, 0.717) is 24.9 Å². The highest BCUT2D eigenvalue weighted by molar-refractivity contribution is 7.18. The third-order valence-electron chi connectivity index (χ3n) is 5.45. The van der Waals surface area contributed by atoms with Gasteiger partial charge >= 0.3 is 6.03 Å². The van der Waals surface area contributed by atoms with Crippen molar-refractivity contribution in [3.05, 3.63) is 29.3 Å². The number of carbonyl (C=O) groups excluding carboxylic acids is 1. The van der Waals surface area contributed by atoms with Crippen LogP contribution < -0.4 is 5.32 Å². The maximum atomic E-state index is 12.6. The summed E-state index contributed by atoms with van der Waals surface area (Å²) in [5, 5.41) is 4.09. The minimum Gasteiger partial charge on any atom is -0.336 e. The first kappa shape index (κ1) is 20.1. The zero-order chi connectivity index (χ0) is 19.6. The van der Waals surface area contributed by atoms with E-state index in [2.05, 4.69) is 49.0 Å². The van der Waals surface area contributed by atoms with Gasteiger partial charge in [0.2, 0.25) is 0 Å². The van der Waals surface area contributed by atoms with Crippen LogP contribution in [-0.2, 0) is 6.54 Å². The summed E-state index contributed by atoms with van der Waals surface area (Å²) >= 11 is 1.65. The van der Waals surface area contributed by atoms with E-state index < -0.39 is 0 Å². The van der Waals surface area contributed by atoms with Gasteiger partial charge in [0.15, 0.2) is 0 Å². The minimum atomic E-state index is -0.0463. The van der Waals surface area contributed by atoms with Gasteiger partial charge in [0, 0.05) is 32.2 Å². The van der Waals surface area contributed by atoms with Crippen molar-refractivity contribution in [1.82, 2.24) is 20.1 Å². The van der Waals surface area contributed by atoms with Crippen molar-refractivity contribution in [2.75, 3.05) is 26.7 Å². The number of para-hydroxylation sites is 1. The lowest BCUT2D eigenvalue weighted by Gasteiger charge is -2.45. The highest BCUT2D eigenvalue weighted by Gasteiger charge is 2.33.